The Morgan fingerprint density at radius 1 is 1.04 bits per heavy atom. The third-order valence-electron chi connectivity index (χ3n) is 4.19. The average molecular weight is 379 g/mol. The van der Waals surface area contributed by atoms with Crippen LogP contribution < -0.4 is 10.1 Å². The third kappa shape index (κ3) is 3.50. The van der Waals surface area contributed by atoms with Gasteiger partial charge in [-0.3, -0.25) is 4.79 Å². The van der Waals surface area contributed by atoms with Gasteiger partial charge in [0, 0.05) is 21.8 Å². The molecule has 0 bridgehead atoms. The lowest BCUT2D eigenvalue weighted by Gasteiger charge is -2.06. The van der Waals surface area contributed by atoms with Crippen molar-refractivity contribution in [3.63, 3.8) is 0 Å². The molecule has 1 amide bonds. The van der Waals surface area contributed by atoms with E-state index in [9.17, 15) is 4.79 Å². The maximum Gasteiger partial charge on any atom is 0.255 e. The number of hydrogen-bond donors (Lipinski definition) is 1. The maximum absolute atomic E-state index is 12.6. The van der Waals surface area contributed by atoms with Crippen LogP contribution in [0.15, 0.2) is 71.3 Å². The van der Waals surface area contributed by atoms with Gasteiger partial charge in [-0.05, 0) is 66.7 Å². The van der Waals surface area contributed by atoms with Crippen molar-refractivity contribution >= 4 is 34.1 Å². The minimum Gasteiger partial charge on any atom is -0.497 e. The molecule has 1 N–H and O–H groups in total. The van der Waals surface area contributed by atoms with E-state index in [4.69, 9.17) is 20.9 Å². The molecule has 0 saturated heterocycles. The van der Waals surface area contributed by atoms with E-state index in [1.54, 1.807) is 61.7 Å². The number of nitrogens with one attached hydrogen (secondary N) is 1. The molecule has 27 heavy (non-hydrogen) atoms. The van der Waals surface area contributed by atoms with Crippen LogP contribution in [0.3, 0.4) is 0 Å². The number of fused-ring (bicyclic) bond motifs is 1. The van der Waals surface area contributed by atoms with Crippen LogP contribution in [0.5, 0.6) is 5.75 Å². The number of amides is 1. The van der Waals surface area contributed by atoms with Crippen molar-refractivity contribution in [2.24, 2.45) is 0 Å². The molecule has 3 aromatic carbocycles. The van der Waals surface area contributed by atoms with E-state index in [0.717, 1.165) is 16.7 Å². The monoisotopic (exact) mass is 378 g/mol. The molecule has 0 aliphatic carbocycles. The largest absolute Gasteiger partial charge is 0.497 e. The second kappa shape index (κ2) is 7.13. The Balaban J connectivity index is 1.64. The SMILES string of the molecule is COc1ccc(NC(=O)c2ccc3noc(-c4ccc(Cl)cc4)c3c2)cc1. The molecule has 6 heteroatoms. The first-order valence-corrected chi connectivity index (χ1v) is 8.62. The van der Waals surface area contributed by atoms with E-state index >= 15 is 0 Å². The van der Waals surface area contributed by atoms with Gasteiger partial charge in [0.25, 0.3) is 5.91 Å². The summed E-state index contributed by atoms with van der Waals surface area (Å²) in [7, 11) is 1.60. The standard InChI is InChI=1S/C21H15ClN2O3/c1-26-17-9-7-16(8-10-17)23-21(25)14-4-11-19-18(12-14)20(27-24-19)13-2-5-15(22)6-3-13/h2-12H,1H3,(H,23,25). The van der Waals surface area contributed by atoms with Crippen LogP contribution in [0, 0.1) is 0 Å². The van der Waals surface area contributed by atoms with Crippen LogP contribution in [0.4, 0.5) is 5.69 Å². The van der Waals surface area contributed by atoms with Gasteiger partial charge < -0.3 is 14.6 Å². The molecule has 0 aliphatic rings. The predicted molar refractivity (Wildman–Crippen MR) is 105 cm³/mol. The summed E-state index contributed by atoms with van der Waals surface area (Å²) in [5.74, 6) is 1.11. The van der Waals surface area contributed by atoms with E-state index in [0.29, 0.717) is 27.6 Å². The second-order valence-electron chi connectivity index (χ2n) is 5.93. The van der Waals surface area contributed by atoms with Crippen LogP contribution in [0.25, 0.3) is 22.2 Å². The van der Waals surface area contributed by atoms with E-state index in [-0.39, 0.29) is 5.91 Å². The maximum atomic E-state index is 12.6. The first-order chi connectivity index (χ1) is 13.1. The van der Waals surface area contributed by atoms with Crippen LogP contribution in [-0.4, -0.2) is 18.2 Å². The Labute approximate surface area is 160 Å². The number of rotatable bonds is 4. The highest BCUT2D eigenvalue weighted by atomic mass is 35.5. The van der Waals surface area contributed by atoms with Crippen molar-refractivity contribution in [1.29, 1.82) is 0 Å². The Morgan fingerprint density at radius 3 is 2.48 bits per heavy atom. The molecule has 0 atom stereocenters. The van der Waals surface area contributed by atoms with Crippen LogP contribution in [0.1, 0.15) is 10.4 Å². The lowest BCUT2D eigenvalue weighted by Crippen LogP contribution is -2.11. The number of aromatic nitrogens is 1. The first kappa shape index (κ1) is 17.1. The highest BCUT2D eigenvalue weighted by Gasteiger charge is 2.14. The Hall–Kier alpha value is -3.31. The van der Waals surface area contributed by atoms with Crippen molar-refractivity contribution in [3.8, 4) is 17.1 Å². The van der Waals surface area contributed by atoms with Crippen molar-refractivity contribution in [3.05, 3.63) is 77.3 Å². The molecule has 0 aliphatic heterocycles. The zero-order chi connectivity index (χ0) is 18.8. The van der Waals surface area contributed by atoms with Gasteiger partial charge in [-0.1, -0.05) is 16.8 Å². The smallest absolute Gasteiger partial charge is 0.255 e. The van der Waals surface area contributed by atoms with Crippen LogP contribution in [0.2, 0.25) is 5.02 Å². The van der Waals surface area contributed by atoms with Gasteiger partial charge in [0.05, 0.1) is 12.5 Å². The zero-order valence-corrected chi connectivity index (χ0v) is 15.2. The van der Waals surface area contributed by atoms with Crippen molar-refractivity contribution in [2.45, 2.75) is 0 Å². The molecule has 134 valence electrons. The molecule has 0 spiro atoms. The van der Waals surface area contributed by atoms with Crippen molar-refractivity contribution in [1.82, 2.24) is 5.16 Å². The molecule has 0 saturated carbocycles. The van der Waals surface area contributed by atoms with Gasteiger partial charge in [-0.25, -0.2) is 0 Å². The molecule has 1 aromatic heterocycles. The van der Waals surface area contributed by atoms with Gasteiger partial charge in [0.2, 0.25) is 0 Å². The summed E-state index contributed by atoms with van der Waals surface area (Å²) < 4.78 is 10.6. The molecule has 0 fully saturated rings. The lowest BCUT2D eigenvalue weighted by atomic mass is 10.1. The summed E-state index contributed by atoms with van der Waals surface area (Å²) in [6.07, 6.45) is 0. The van der Waals surface area contributed by atoms with E-state index in [1.165, 1.54) is 0 Å². The fourth-order valence-corrected chi connectivity index (χ4v) is 2.90. The number of methoxy groups -OCH3 is 1. The van der Waals surface area contributed by atoms with Gasteiger partial charge in [-0.2, -0.15) is 0 Å². The summed E-state index contributed by atoms with van der Waals surface area (Å²) in [5.41, 5.74) is 2.72. The summed E-state index contributed by atoms with van der Waals surface area (Å²) in [4.78, 5) is 12.6. The summed E-state index contributed by atoms with van der Waals surface area (Å²) in [6.45, 7) is 0. The molecular formula is C21H15ClN2O3. The normalized spacial score (nSPS) is 10.7. The molecule has 1 heterocycles. The average Bonchev–Trinajstić information content (AvgIpc) is 3.12. The number of carbonyl (C=O) groups is 1. The second-order valence-corrected chi connectivity index (χ2v) is 6.37. The topological polar surface area (TPSA) is 64.4 Å². The number of halogens is 1. The number of benzene rings is 3. The number of hydrogen-bond acceptors (Lipinski definition) is 4. The van der Waals surface area contributed by atoms with Crippen LogP contribution >= 0.6 is 11.6 Å². The summed E-state index contributed by atoms with van der Waals surface area (Å²) >= 11 is 5.95. The summed E-state index contributed by atoms with van der Waals surface area (Å²) in [6, 6.07) is 19.7. The predicted octanol–water partition coefficient (Wildman–Crippen LogP) is 5.41. The quantitative estimate of drug-likeness (QED) is 0.515. The van der Waals surface area contributed by atoms with Crippen molar-refractivity contribution in [2.75, 3.05) is 12.4 Å². The molecule has 0 unspecified atom stereocenters. The lowest BCUT2D eigenvalue weighted by molar-refractivity contribution is 0.102. The molecule has 5 nitrogen and oxygen atoms in total. The minimum absolute atomic E-state index is 0.217. The molecule has 0 radical (unpaired) electrons. The first-order valence-electron chi connectivity index (χ1n) is 8.25. The fourth-order valence-electron chi connectivity index (χ4n) is 2.77. The van der Waals surface area contributed by atoms with Gasteiger partial charge in [0.15, 0.2) is 5.76 Å². The molecule has 4 aromatic rings. The highest BCUT2D eigenvalue weighted by molar-refractivity contribution is 6.30. The fraction of sp³-hybridized carbons (Fsp3) is 0.0476. The van der Waals surface area contributed by atoms with Gasteiger partial charge in [-0.15, -0.1) is 0 Å². The Bertz CT molecular complexity index is 1100. The number of carbonyl (C=O) groups excluding carboxylic acids is 1. The van der Waals surface area contributed by atoms with E-state index in [1.807, 2.05) is 12.1 Å². The summed E-state index contributed by atoms with van der Waals surface area (Å²) in [5, 5.41) is 8.34. The molecular weight excluding hydrogens is 364 g/mol. The number of nitrogens with zero attached hydrogens (tertiary/aromatic N) is 1. The van der Waals surface area contributed by atoms with Gasteiger partial charge >= 0.3 is 0 Å². The van der Waals surface area contributed by atoms with Crippen LogP contribution in [-0.2, 0) is 0 Å². The number of anilines is 1. The van der Waals surface area contributed by atoms with Crippen molar-refractivity contribution < 1.29 is 14.1 Å². The number of ether oxygens (including phenoxy) is 1. The Morgan fingerprint density at radius 2 is 1.78 bits per heavy atom. The van der Waals surface area contributed by atoms with E-state index < -0.39 is 0 Å². The zero-order valence-electron chi connectivity index (χ0n) is 14.4. The van der Waals surface area contributed by atoms with Gasteiger partial charge in [0.1, 0.15) is 11.3 Å². The Kier molecular flexibility index (Phi) is 4.52. The molecule has 4 rings (SSSR count). The third-order valence-corrected chi connectivity index (χ3v) is 4.44. The van der Waals surface area contributed by atoms with E-state index in [2.05, 4.69) is 10.5 Å². The highest BCUT2D eigenvalue weighted by Crippen LogP contribution is 2.30. The minimum atomic E-state index is -0.217.